The van der Waals surface area contributed by atoms with Crippen LogP contribution >= 0.6 is 0 Å². The van der Waals surface area contributed by atoms with E-state index in [1.807, 2.05) is 55.7 Å². The van der Waals surface area contributed by atoms with Crippen LogP contribution in [0.4, 0.5) is 0 Å². The fourth-order valence-corrected chi connectivity index (χ4v) is 3.08. The molecular formula is C20H15N7. The monoisotopic (exact) mass is 353 g/mol. The van der Waals surface area contributed by atoms with Crippen LogP contribution in [0.25, 0.3) is 44.8 Å². The molecule has 0 spiro atoms. The number of H-pyrrole nitrogens is 2. The second-order valence-electron chi connectivity index (χ2n) is 6.27. The van der Waals surface area contributed by atoms with Gasteiger partial charge in [-0.05, 0) is 37.3 Å². The molecule has 7 nitrogen and oxygen atoms in total. The van der Waals surface area contributed by atoms with Gasteiger partial charge in [0.2, 0.25) is 0 Å². The zero-order valence-corrected chi connectivity index (χ0v) is 14.5. The van der Waals surface area contributed by atoms with Crippen molar-refractivity contribution >= 4 is 11.0 Å². The first-order valence-electron chi connectivity index (χ1n) is 8.52. The second-order valence-corrected chi connectivity index (χ2v) is 6.27. The van der Waals surface area contributed by atoms with Crippen molar-refractivity contribution in [2.45, 2.75) is 6.92 Å². The van der Waals surface area contributed by atoms with Crippen LogP contribution in [0, 0.1) is 6.92 Å². The summed E-state index contributed by atoms with van der Waals surface area (Å²) in [6.45, 7) is 1.97. The van der Waals surface area contributed by atoms with Gasteiger partial charge < -0.3 is 0 Å². The number of nitrogens with one attached hydrogen (secondary N) is 2. The molecule has 130 valence electrons. The second kappa shape index (κ2) is 6.14. The van der Waals surface area contributed by atoms with E-state index >= 15 is 0 Å². The van der Waals surface area contributed by atoms with Gasteiger partial charge >= 0.3 is 0 Å². The first kappa shape index (κ1) is 15.4. The van der Waals surface area contributed by atoms with Gasteiger partial charge in [-0.3, -0.25) is 20.2 Å². The van der Waals surface area contributed by atoms with Gasteiger partial charge in [0.1, 0.15) is 0 Å². The Balaban J connectivity index is 1.63. The van der Waals surface area contributed by atoms with Crippen LogP contribution < -0.4 is 0 Å². The molecule has 0 unspecified atom stereocenters. The SMILES string of the molecule is Cc1cccc(-c2[nH]ncc2-c2ccc3ncc(-c4cn[nH]c4)cc3n2)n1. The molecule has 2 N–H and O–H groups in total. The molecule has 5 rings (SSSR count). The molecule has 0 aromatic carbocycles. The van der Waals surface area contributed by atoms with Gasteiger partial charge in [0.15, 0.2) is 0 Å². The van der Waals surface area contributed by atoms with Crippen LogP contribution in [0.5, 0.6) is 0 Å². The topological polar surface area (TPSA) is 96.0 Å². The number of aryl methyl sites for hydroxylation is 1. The zero-order chi connectivity index (χ0) is 18.2. The van der Waals surface area contributed by atoms with E-state index in [4.69, 9.17) is 4.98 Å². The van der Waals surface area contributed by atoms with Crippen LogP contribution in [0.3, 0.4) is 0 Å². The minimum atomic E-state index is 0.815. The highest BCUT2D eigenvalue weighted by Crippen LogP contribution is 2.29. The molecule has 0 fully saturated rings. The summed E-state index contributed by atoms with van der Waals surface area (Å²) in [4.78, 5) is 13.9. The molecule has 0 amide bonds. The Kier molecular flexibility index (Phi) is 3.50. The Labute approximate surface area is 154 Å². The van der Waals surface area contributed by atoms with Crippen LogP contribution in [0.15, 0.2) is 61.2 Å². The summed E-state index contributed by atoms with van der Waals surface area (Å²) in [5, 5.41) is 14.1. The van der Waals surface area contributed by atoms with E-state index in [0.29, 0.717) is 0 Å². The third-order valence-corrected chi connectivity index (χ3v) is 4.43. The van der Waals surface area contributed by atoms with Crippen molar-refractivity contribution in [3.05, 3.63) is 66.9 Å². The molecule has 0 atom stereocenters. The summed E-state index contributed by atoms with van der Waals surface area (Å²) in [6, 6.07) is 11.9. The van der Waals surface area contributed by atoms with Crippen molar-refractivity contribution in [2.75, 3.05) is 0 Å². The van der Waals surface area contributed by atoms with E-state index in [9.17, 15) is 0 Å². The normalized spacial score (nSPS) is 11.1. The van der Waals surface area contributed by atoms with Gasteiger partial charge in [-0.15, -0.1) is 0 Å². The maximum Gasteiger partial charge on any atom is 0.0928 e. The van der Waals surface area contributed by atoms with E-state index in [2.05, 4.69) is 30.4 Å². The maximum absolute atomic E-state index is 4.82. The maximum atomic E-state index is 4.82. The molecule has 5 heterocycles. The molecule has 5 aromatic rings. The van der Waals surface area contributed by atoms with Crippen molar-refractivity contribution < 1.29 is 0 Å². The van der Waals surface area contributed by atoms with Gasteiger partial charge in [0, 0.05) is 34.8 Å². The van der Waals surface area contributed by atoms with Gasteiger partial charge in [-0.1, -0.05) is 6.07 Å². The van der Waals surface area contributed by atoms with E-state index in [1.165, 1.54) is 0 Å². The molecule has 5 aromatic heterocycles. The van der Waals surface area contributed by atoms with Crippen LogP contribution in [-0.4, -0.2) is 35.3 Å². The Morgan fingerprint density at radius 1 is 0.815 bits per heavy atom. The largest absolute Gasteiger partial charge is 0.285 e. The number of rotatable bonds is 3. The Morgan fingerprint density at radius 2 is 1.78 bits per heavy atom. The molecular weight excluding hydrogens is 338 g/mol. The van der Waals surface area contributed by atoms with Gasteiger partial charge in [0.25, 0.3) is 0 Å². The van der Waals surface area contributed by atoms with Crippen molar-refractivity contribution in [3.63, 3.8) is 0 Å². The number of hydrogen-bond donors (Lipinski definition) is 2. The van der Waals surface area contributed by atoms with Crippen LogP contribution in [-0.2, 0) is 0 Å². The summed E-state index contributed by atoms with van der Waals surface area (Å²) >= 11 is 0. The van der Waals surface area contributed by atoms with Crippen molar-refractivity contribution in [2.24, 2.45) is 0 Å². The van der Waals surface area contributed by atoms with Crippen LogP contribution in [0.1, 0.15) is 5.69 Å². The van der Waals surface area contributed by atoms with Gasteiger partial charge in [-0.2, -0.15) is 10.2 Å². The first-order valence-corrected chi connectivity index (χ1v) is 8.52. The molecule has 0 aliphatic rings. The summed E-state index contributed by atoms with van der Waals surface area (Å²) in [6.07, 6.45) is 7.21. The van der Waals surface area contributed by atoms with Crippen molar-refractivity contribution in [1.82, 2.24) is 35.3 Å². The number of fused-ring (bicyclic) bond motifs is 1. The Morgan fingerprint density at radius 3 is 2.63 bits per heavy atom. The average molecular weight is 353 g/mol. The minimum Gasteiger partial charge on any atom is -0.285 e. The highest BCUT2D eigenvalue weighted by molar-refractivity contribution is 5.84. The lowest BCUT2D eigenvalue weighted by atomic mass is 10.1. The molecule has 7 heteroatoms. The number of aromatic nitrogens is 7. The van der Waals surface area contributed by atoms with Crippen molar-refractivity contribution in [1.29, 1.82) is 0 Å². The molecule has 0 saturated heterocycles. The molecule has 0 aliphatic heterocycles. The predicted molar refractivity (Wildman–Crippen MR) is 103 cm³/mol. The number of pyridine rings is 3. The Hall–Kier alpha value is -3.87. The molecule has 0 aliphatic carbocycles. The fraction of sp³-hybridized carbons (Fsp3) is 0.0500. The van der Waals surface area contributed by atoms with E-state index < -0.39 is 0 Å². The number of nitrogens with zero attached hydrogens (tertiary/aromatic N) is 5. The lowest BCUT2D eigenvalue weighted by Gasteiger charge is -2.06. The first-order chi connectivity index (χ1) is 13.3. The lowest BCUT2D eigenvalue weighted by Crippen LogP contribution is -1.91. The summed E-state index contributed by atoms with van der Waals surface area (Å²) in [5.41, 5.74) is 7.97. The van der Waals surface area contributed by atoms with Gasteiger partial charge in [-0.25, -0.2) is 4.98 Å². The van der Waals surface area contributed by atoms with E-state index in [0.717, 1.165) is 50.5 Å². The molecule has 0 saturated carbocycles. The molecule has 0 radical (unpaired) electrons. The fourth-order valence-electron chi connectivity index (χ4n) is 3.08. The van der Waals surface area contributed by atoms with E-state index in [1.54, 1.807) is 12.4 Å². The van der Waals surface area contributed by atoms with Crippen LogP contribution in [0.2, 0.25) is 0 Å². The van der Waals surface area contributed by atoms with E-state index in [-0.39, 0.29) is 0 Å². The third kappa shape index (κ3) is 2.75. The quantitative estimate of drug-likeness (QED) is 0.514. The predicted octanol–water partition coefficient (Wildman–Crippen LogP) is 3.78. The highest BCUT2D eigenvalue weighted by Gasteiger charge is 2.13. The standard InChI is InChI=1S/C20H15N7/c1-12-3-2-4-18(25-12)20-15(11-24-27-20)16-5-6-17-19(26-16)7-13(8-21-17)14-9-22-23-10-14/h2-11H,1H3,(H,22,23)(H,24,27). The smallest absolute Gasteiger partial charge is 0.0928 e. The van der Waals surface area contributed by atoms with Crippen molar-refractivity contribution in [3.8, 4) is 33.8 Å². The number of hydrogen-bond acceptors (Lipinski definition) is 5. The summed E-state index contributed by atoms with van der Waals surface area (Å²) in [7, 11) is 0. The number of aromatic amines is 2. The minimum absolute atomic E-state index is 0.815. The lowest BCUT2D eigenvalue weighted by molar-refractivity contribution is 1.08. The Bertz CT molecular complexity index is 1240. The average Bonchev–Trinajstić information content (AvgIpc) is 3.39. The summed E-state index contributed by atoms with van der Waals surface area (Å²) < 4.78 is 0. The third-order valence-electron chi connectivity index (χ3n) is 4.43. The highest BCUT2D eigenvalue weighted by atomic mass is 15.1. The van der Waals surface area contributed by atoms with Gasteiger partial charge in [0.05, 0.1) is 40.5 Å². The summed E-state index contributed by atoms with van der Waals surface area (Å²) in [5.74, 6) is 0. The molecule has 0 bridgehead atoms. The molecule has 27 heavy (non-hydrogen) atoms. The zero-order valence-electron chi connectivity index (χ0n) is 14.5.